The van der Waals surface area contributed by atoms with Gasteiger partial charge in [0.1, 0.15) is 0 Å². The lowest BCUT2D eigenvalue weighted by atomic mass is 10.2. The lowest BCUT2D eigenvalue weighted by molar-refractivity contribution is -0.140. The fourth-order valence-electron chi connectivity index (χ4n) is 2.82. The van der Waals surface area contributed by atoms with Crippen molar-refractivity contribution in [3.8, 4) is 0 Å². The molecule has 6 nitrogen and oxygen atoms in total. The molecule has 0 heterocycles. The zero-order chi connectivity index (χ0) is 19.3. The summed E-state index contributed by atoms with van der Waals surface area (Å²) in [4.78, 5) is 13.7. The van der Waals surface area contributed by atoms with Crippen LogP contribution < -0.4 is 4.90 Å². The molecule has 0 bridgehead atoms. The molecule has 7 heteroatoms. The largest absolute Gasteiger partial charge is 0.500 e. The number of methoxy groups -OCH3 is 1. The van der Waals surface area contributed by atoms with Gasteiger partial charge in [0.15, 0.2) is 0 Å². The molecule has 26 heavy (non-hydrogen) atoms. The number of hydrogen-bond donors (Lipinski definition) is 0. The van der Waals surface area contributed by atoms with Crippen molar-refractivity contribution in [2.45, 2.75) is 39.7 Å². The summed E-state index contributed by atoms with van der Waals surface area (Å²) in [6.07, 6.45) is 1.22. The summed E-state index contributed by atoms with van der Waals surface area (Å²) < 4.78 is 22.5. The van der Waals surface area contributed by atoms with E-state index in [9.17, 15) is 4.79 Å². The summed E-state index contributed by atoms with van der Waals surface area (Å²) in [7, 11) is -1.22. The second-order valence-corrected chi connectivity index (χ2v) is 8.47. The van der Waals surface area contributed by atoms with E-state index < -0.39 is 8.80 Å². The maximum atomic E-state index is 11.5. The van der Waals surface area contributed by atoms with Crippen molar-refractivity contribution in [3.63, 3.8) is 0 Å². The molecule has 0 saturated carbocycles. The number of benzene rings is 1. The van der Waals surface area contributed by atoms with Gasteiger partial charge in [0, 0.05) is 44.6 Å². The van der Waals surface area contributed by atoms with Crippen LogP contribution in [0.2, 0.25) is 6.04 Å². The normalized spacial score (nSPS) is 11.4. The number of nitrogens with zero attached hydrogens (tertiary/aromatic N) is 1. The highest BCUT2D eigenvalue weighted by atomic mass is 28.4. The van der Waals surface area contributed by atoms with Crippen molar-refractivity contribution in [1.29, 1.82) is 0 Å². The van der Waals surface area contributed by atoms with Crippen molar-refractivity contribution in [2.24, 2.45) is 0 Å². The third kappa shape index (κ3) is 7.86. The van der Waals surface area contributed by atoms with E-state index in [1.807, 2.05) is 39.0 Å². The third-order valence-electron chi connectivity index (χ3n) is 3.94. The Morgan fingerprint density at radius 2 is 1.54 bits per heavy atom. The Bertz CT molecular complexity index is 483. The average Bonchev–Trinajstić information content (AvgIpc) is 2.65. The summed E-state index contributed by atoms with van der Waals surface area (Å²) in [6, 6.07) is 10.8. The highest BCUT2D eigenvalue weighted by Gasteiger charge is 2.39. The molecule has 1 aromatic rings. The fourth-order valence-corrected chi connectivity index (χ4v) is 5.42. The second kappa shape index (κ2) is 12.9. The summed E-state index contributed by atoms with van der Waals surface area (Å²) in [6.45, 7) is 9.04. The van der Waals surface area contributed by atoms with Crippen molar-refractivity contribution in [1.82, 2.24) is 0 Å². The minimum atomic E-state index is -2.63. The number of esters is 1. The molecule has 0 aliphatic rings. The molecule has 0 fully saturated rings. The summed E-state index contributed by atoms with van der Waals surface area (Å²) in [5.41, 5.74) is 1.09. The quantitative estimate of drug-likeness (QED) is 0.362. The number of anilines is 1. The molecular weight excluding hydrogens is 350 g/mol. The maximum Gasteiger partial charge on any atom is 0.500 e. The molecular formula is C19H33NO5Si. The Balaban J connectivity index is 2.72. The van der Waals surface area contributed by atoms with E-state index in [0.29, 0.717) is 32.8 Å². The fraction of sp³-hybridized carbons (Fsp3) is 0.632. The summed E-state index contributed by atoms with van der Waals surface area (Å²) >= 11 is 0. The van der Waals surface area contributed by atoms with E-state index >= 15 is 0 Å². The molecule has 148 valence electrons. The van der Waals surface area contributed by atoms with Gasteiger partial charge < -0.3 is 22.9 Å². The van der Waals surface area contributed by atoms with E-state index in [1.54, 1.807) is 0 Å². The Morgan fingerprint density at radius 1 is 0.962 bits per heavy atom. The van der Waals surface area contributed by atoms with Crippen molar-refractivity contribution < 1.29 is 22.8 Å². The minimum Gasteiger partial charge on any atom is -0.469 e. The van der Waals surface area contributed by atoms with E-state index in [0.717, 1.165) is 24.7 Å². The lowest BCUT2D eigenvalue weighted by Gasteiger charge is -2.30. The molecule has 1 aromatic carbocycles. The first-order valence-electron chi connectivity index (χ1n) is 9.39. The van der Waals surface area contributed by atoms with Crippen LogP contribution in [0, 0.1) is 0 Å². The van der Waals surface area contributed by atoms with Gasteiger partial charge in [-0.3, -0.25) is 4.79 Å². The van der Waals surface area contributed by atoms with Crippen molar-refractivity contribution in [2.75, 3.05) is 44.9 Å². The SMILES string of the molecule is CCO[Si](CCCN(CCC(=O)OC)c1ccccc1)(OCC)OCC. The zero-order valence-electron chi connectivity index (χ0n) is 16.5. The molecule has 0 amide bonds. The molecule has 0 atom stereocenters. The summed E-state index contributed by atoms with van der Waals surface area (Å²) in [5, 5.41) is 0. The average molecular weight is 384 g/mol. The van der Waals surface area contributed by atoms with E-state index in [4.69, 9.17) is 18.0 Å². The maximum absolute atomic E-state index is 11.5. The monoisotopic (exact) mass is 383 g/mol. The van der Waals surface area contributed by atoms with Crippen LogP contribution in [-0.4, -0.2) is 54.8 Å². The van der Waals surface area contributed by atoms with Crippen LogP contribution in [0.5, 0.6) is 0 Å². The number of para-hydroxylation sites is 1. The van der Waals surface area contributed by atoms with Gasteiger partial charge in [-0.1, -0.05) is 18.2 Å². The Morgan fingerprint density at radius 3 is 2.04 bits per heavy atom. The van der Waals surface area contributed by atoms with Gasteiger partial charge in [0.25, 0.3) is 0 Å². The Kier molecular flexibility index (Phi) is 11.2. The van der Waals surface area contributed by atoms with Crippen LogP contribution in [0.4, 0.5) is 5.69 Å². The van der Waals surface area contributed by atoms with Gasteiger partial charge in [-0.2, -0.15) is 0 Å². The number of carbonyl (C=O) groups is 1. The molecule has 0 spiro atoms. The Labute approximate surface area is 158 Å². The number of hydrogen-bond acceptors (Lipinski definition) is 6. The van der Waals surface area contributed by atoms with E-state index in [-0.39, 0.29) is 5.97 Å². The first kappa shape index (κ1) is 22.6. The van der Waals surface area contributed by atoms with E-state index in [2.05, 4.69) is 17.0 Å². The van der Waals surface area contributed by atoms with Gasteiger partial charge in [-0.15, -0.1) is 0 Å². The zero-order valence-corrected chi connectivity index (χ0v) is 17.5. The summed E-state index contributed by atoms with van der Waals surface area (Å²) in [5.74, 6) is -0.201. The highest BCUT2D eigenvalue weighted by molar-refractivity contribution is 6.60. The number of ether oxygens (including phenoxy) is 1. The third-order valence-corrected chi connectivity index (χ3v) is 7.09. The van der Waals surface area contributed by atoms with Crippen LogP contribution >= 0.6 is 0 Å². The van der Waals surface area contributed by atoms with Crippen molar-refractivity contribution >= 4 is 20.5 Å². The van der Waals surface area contributed by atoms with Crippen LogP contribution in [0.15, 0.2) is 30.3 Å². The first-order valence-corrected chi connectivity index (χ1v) is 11.3. The molecule has 0 saturated heterocycles. The topological polar surface area (TPSA) is 57.2 Å². The predicted octanol–water partition coefficient (Wildman–Crippen LogP) is 3.49. The van der Waals surface area contributed by atoms with Crippen LogP contribution in [0.1, 0.15) is 33.6 Å². The molecule has 0 N–H and O–H groups in total. The van der Waals surface area contributed by atoms with Gasteiger partial charge in [-0.25, -0.2) is 0 Å². The van der Waals surface area contributed by atoms with Crippen molar-refractivity contribution in [3.05, 3.63) is 30.3 Å². The molecule has 0 unspecified atom stereocenters. The van der Waals surface area contributed by atoms with Gasteiger partial charge in [-0.05, 0) is 39.3 Å². The second-order valence-electron chi connectivity index (χ2n) is 5.73. The Hall–Kier alpha value is -1.41. The van der Waals surface area contributed by atoms with Gasteiger partial charge in [0.05, 0.1) is 13.5 Å². The standard InChI is InChI=1S/C19H33NO5Si/c1-5-23-26(24-6-2,25-7-3)17-11-15-20(16-14-19(21)22-4)18-12-9-8-10-13-18/h8-10,12-13H,5-7,11,14-17H2,1-4H3. The van der Waals surface area contributed by atoms with Gasteiger partial charge >= 0.3 is 14.8 Å². The van der Waals surface area contributed by atoms with Gasteiger partial charge in [0.2, 0.25) is 0 Å². The van der Waals surface area contributed by atoms with Crippen LogP contribution in [-0.2, 0) is 22.8 Å². The molecule has 0 aliphatic heterocycles. The first-order chi connectivity index (χ1) is 12.6. The lowest BCUT2D eigenvalue weighted by Crippen LogP contribution is -2.46. The highest BCUT2D eigenvalue weighted by Crippen LogP contribution is 2.21. The number of rotatable bonds is 14. The predicted molar refractivity (Wildman–Crippen MR) is 105 cm³/mol. The van der Waals surface area contributed by atoms with Crippen LogP contribution in [0.3, 0.4) is 0 Å². The molecule has 0 aliphatic carbocycles. The minimum absolute atomic E-state index is 0.201. The number of carbonyl (C=O) groups excluding carboxylic acids is 1. The molecule has 1 rings (SSSR count). The molecule has 0 aromatic heterocycles. The van der Waals surface area contributed by atoms with Crippen LogP contribution in [0.25, 0.3) is 0 Å². The smallest absolute Gasteiger partial charge is 0.469 e. The van der Waals surface area contributed by atoms with E-state index in [1.165, 1.54) is 7.11 Å². The molecule has 0 radical (unpaired) electrons.